The molecular weight excluding hydrogens is 200 g/mol. The molecule has 1 atom stereocenters. The van der Waals surface area contributed by atoms with Crippen LogP contribution in [0.4, 0.5) is 0 Å². The quantitative estimate of drug-likeness (QED) is 0.565. The Kier molecular flexibility index (Phi) is 5.03. The molecule has 1 N–H and O–H groups in total. The van der Waals surface area contributed by atoms with Crippen molar-refractivity contribution in [1.82, 2.24) is 0 Å². The van der Waals surface area contributed by atoms with Gasteiger partial charge in [0.2, 0.25) is 0 Å². The van der Waals surface area contributed by atoms with E-state index in [0.29, 0.717) is 12.5 Å². The Morgan fingerprint density at radius 2 is 1.31 bits per heavy atom. The third-order valence-corrected chi connectivity index (χ3v) is 4.43. The zero-order chi connectivity index (χ0) is 13.2. The molecule has 0 amide bonds. The van der Waals surface area contributed by atoms with Crippen molar-refractivity contribution in [2.24, 2.45) is 22.2 Å². The van der Waals surface area contributed by atoms with Crippen LogP contribution in [0.2, 0.25) is 0 Å². The SMILES string of the molecule is CC(COO)CC(C)(C(C)(C)C)C(C)(C)C. The van der Waals surface area contributed by atoms with Crippen molar-refractivity contribution in [3.8, 4) is 0 Å². The van der Waals surface area contributed by atoms with E-state index in [0.717, 1.165) is 6.42 Å². The first kappa shape index (κ1) is 15.9. The van der Waals surface area contributed by atoms with Gasteiger partial charge >= 0.3 is 0 Å². The molecule has 0 aromatic heterocycles. The van der Waals surface area contributed by atoms with Gasteiger partial charge in [-0.25, -0.2) is 4.89 Å². The molecule has 0 bridgehead atoms. The van der Waals surface area contributed by atoms with Crippen molar-refractivity contribution in [3.05, 3.63) is 0 Å². The van der Waals surface area contributed by atoms with Gasteiger partial charge < -0.3 is 0 Å². The molecule has 0 aliphatic heterocycles. The van der Waals surface area contributed by atoms with E-state index >= 15 is 0 Å². The molecule has 0 saturated heterocycles. The maximum absolute atomic E-state index is 8.54. The van der Waals surface area contributed by atoms with Crippen LogP contribution in [0.1, 0.15) is 61.8 Å². The van der Waals surface area contributed by atoms with Gasteiger partial charge in [0.15, 0.2) is 0 Å². The predicted molar refractivity (Wildman–Crippen MR) is 69.4 cm³/mol. The van der Waals surface area contributed by atoms with Crippen LogP contribution in [0.25, 0.3) is 0 Å². The summed E-state index contributed by atoms with van der Waals surface area (Å²) >= 11 is 0. The second-order valence-electron chi connectivity index (χ2n) is 7.44. The van der Waals surface area contributed by atoms with Crippen LogP contribution < -0.4 is 0 Å². The molecule has 0 aromatic rings. The number of rotatable bonds is 4. The molecule has 0 rings (SSSR count). The van der Waals surface area contributed by atoms with Crippen molar-refractivity contribution in [2.75, 3.05) is 6.61 Å². The monoisotopic (exact) mass is 230 g/mol. The Bertz CT molecular complexity index is 194. The van der Waals surface area contributed by atoms with Gasteiger partial charge in [-0.2, -0.15) is 0 Å². The lowest BCUT2D eigenvalue weighted by molar-refractivity contribution is -0.253. The Morgan fingerprint density at radius 3 is 1.56 bits per heavy atom. The van der Waals surface area contributed by atoms with E-state index in [2.05, 4.69) is 60.3 Å². The lowest BCUT2D eigenvalue weighted by atomic mass is 9.52. The first-order valence-corrected chi connectivity index (χ1v) is 6.22. The summed E-state index contributed by atoms with van der Waals surface area (Å²) in [7, 11) is 0. The van der Waals surface area contributed by atoms with Gasteiger partial charge in [-0.1, -0.05) is 55.4 Å². The van der Waals surface area contributed by atoms with E-state index in [-0.39, 0.29) is 16.2 Å². The molecule has 0 aliphatic carbocycles. The van der Waals surface area contributed by atoms with E-state index in [1.807, 2.05) is 0 Å². The molecular formula is C14H30O2. The maximum atomic E-state index is 8.54. The average Bonchev–Trinajstić information content (AvgIpc) is 1.99. The normalized spacial score (nSPS) is 16.3. The highest BCUT2D eigenvalue weighted by molar-refractivity contribution is 4.95. The van der Waals surface area contributed by atoms with Crippen molar-refractivity contribution < 1.29 is 10.1 Å². The molecule has 0 spiro atoms. The number of hydrogen-bond acceptors (Lipinski definition) is 2. The summed E-state index contributed by atoms with van der Waals surface area (Å²) in [5.41, 5.74) is 0.669. The molecule has 0 saturated carbocycles. The largest absolute Gasteiger partial charge is 0.252 e. The highest BCUT2D eigenvalue weighted by Crippen LogP contribution is 2.54. The van der Waals surface area contributed by atoms with Crippen LogP contribution in [-0.4, -0.2) is 11.9 Å². The predicted octanol–water partition coefficient (Wildman–Crippen LogP) is 4.60. The second kappa shape index (κ2) is 5.05. The topological polar surface area (TPSA) is 29.5 Å². The van der Waals surface area contributed by atoms with Crippen molar-refractivity contribution >= 4 is 0 Å². The second-order valence-corrected chi connectivity index (χ2v) is 7.44. The summed E-state index contributed by atoms with van der Waals surface area (Å²) in [5, 5.41) is 8.54. The van der Waals surface area contributed by atoms with Crippen LogP contribution in [0.3, 0.4) is 0 Å². The van der Waals surface area contributed by atoms with Gasteiger partial charge in [0.1, 0.15) is 0 Å². The number of hydrogen-bond donors (Lipinski definition) is 1. The smallest absolute Gasteiger partial charge is 0.0845 e. The highest BCUT2D eigenvalue weighted by atomic mass is 17.1. The zero-order valence-electron chi connectivity index (χ0n) is 12.3. The zero-order valence-corrected chi connectivity index (χ0v) is 12.3. The van der Waals surface area contributed by atoms with Gasteiger partial charge in [-0.15, -0.1) is 0 Å². The fraction of sp³-hybridized carbons (Fsp3) is 1.00. The molecule has 0 radical (unpaired) electrons. The van der Waals surface area contributed by atoms with Gasteiger partial charge in [-0.05, 0) is 28.6 Å². The summed E-state index contributed by atoms with van der Waals surface area (Å²) in [6.07, 6.45) is 1.06. The third kappa shape index (κ3) is 3.46. The summed E-state index contributed by atoms with van der Waals surface area (Å²) in [4.78, 5) is 4.27. The minimum absolute atomic E-state index is 0.206. The lowest BCUT2D eigenvalue weighted by Gasteiger charge is -2.53. The molecule has 0 fully saturated rings. The van der Waals surface area contributed by atoms with Crippen LogP contribution in [0.15, 0.2) is 0 Å². The van der Waals surface area contributed by atoms with E-state index in [4.69, 9.17) is 5.26 Å². The standard InChI is InChI=1S/C14H30O2/c1-11(10-16-15)9-14(8,12(2,3)4)13(5,6)7/h11,15H,9-10H2,1-8H3. The first-order valence-electron chi connectivity index (χ1n) is 6.22. The van der Waals surface area contributed by atoms with E-state index in [1.54, 1.807) is 0 Å². The molecule has 16 heavy (non-hydrogen) atoms. The summed E-state index contributed by atoms with van der Waals surface area (Å²) in [6.45, 7) is 18.7. The first-order chi connectivity index (χ1) is 6.95. The third-order valence-electron chi connectivity index (χ3n) is 4.43. The fourth-order valence-corrected chi connectivity index (χ4v) is 2.62. The summed E-state index contributed by atoms with van der Waals surface area (Å²) in [6, 6.07) is 0. The van der Waals surface area contributed by atoms with Crippen LogP contribution in [-0.2, 0) is 4.89 Å². The highest BCUT2D eigenvalue weighted by Gasteiger charge is 2.46. The van der Waals surface area contributed by atoms with E-state index < -0.39 is 0 Å². The lowest BCUT2D eigenvalue weighted by Crippen LogP contribution is -2.45. The summed E-state index contributed by atoms with van der Waals surface area (Å²) < 4.78 is 0. The Hall–Kier alpha value is -0.0800. The van der Waals surface area contributed by atoms with Crippen LogP contribution in [0.5, 0.6) is 0 Å². The molecule has 0 aliphatic rings. The van der Waals surface area contributed by atoms with Crippen LogP contribution in [0, 0.1) is 22.2 Å². The van der Waals surface area contributed by atoms with Gasteiger partial charge in [0.05, 0.1) is 6.61 Å². The van der Waals surface area contributed by atoms with Crippen molar-refractivity contribution in [1.29, 1.82) is 0 Å². The molecule has 2 heteroatoms. The van der Waals surface area contributed by atoms with Crippen molar-refractivity contribution in [3.63, 3.8) is 0 Å². The minimum Gasteiger partial charge on any atom is -0.252 e. The van der Waals surface area contributed by atoms with Gasteiger partial charge in [0.25, 0.3) is 0 Å². The van der Waals surface area contributed by atoms with Crippen molar-refractivity contribution in [2.45, 2.75) is 61.8 Å². The van der Waals surface area contributed by atoms with E-state index in [9.17, 15) is 0 Å². The Labute approximate surface area is 101 Å². The maximum Gasteiger partial charge on any atom is 0.0845 e. The van der Waals surface area contributed by atoms with Crippen LogP contribution >= 0.6 is 0 Å². The Balaban J connectivity index is 4.98. The minimum atomic E-state index is 0.206. The molecule has 0 aromatic carbocycles. The molecule has 98 valence electrons. The average molecular weight is 230 g/mol. The molecule has 2 nitrogen and oxygen atoms in total. The molecule has 1 unspecified atom stereocenters. The van der Waals surface area contributed by atoms with Gasteiger partial charge in [-0.3, -0.25) is 5.26 Å². The fourth-order valence-electron chi connectivity index (χ4n) is 2.62. The Morgan fingerprint density at radius 1 is 0.938 bits per heavy atom. The summed E-state index contributed by atoms with van der Waals surface area (Å²) in [5.74, 6) is 0.369. The van der Waals surface area contributed by atoms with E-state index in [1.165, 1.54) is 0 Å². The van der Waals surface area contributed by atoms with Gasteiger partial charge in [0, 0.05) is 0 Å². The molecule has 0 heterocycles.